The van der Waals surface area contributed by atoms with E-state index in [1.54, 1.807) is 54.1 Å². The van der Waals surface area contributed by atoms with Crippen LogP contribution in [-0.2, 0) is 34.7 Å². The highest BCUT2D eigenvalue weighted by molar-refractivity contribution is 6.25. The van der Waals surface area contributed by atoms with Crippen molar-refractivity contribution in [1.29, 1.82) is 0 Å². The van der Waals surface area contributed by atoms with Gasteiger partial charge in [-0.1, -0.05) is 26.0 Å². The van der Waals surface area contributed by atoms with Crippen molar-refractivity contribution in [2.75, 3.05) is 34.3 Å². The third kappa shape index (κ3) is 5.27. The summed E-state index contributed by atoms with van der Waals surface area (Å²) >= 11 is 0. The number of methoxy groups -OCH3 is 1. The number of benzene rings is 1. The van der Waals surface area contributed by atoms with E-state index in [-0.39, 0.29) is 37.0 Å². The minimum Gasteiger partial charge on any atom is -0.410 e. The van der Waals surface area contributed by atoms with E-state index in [0.717, 1.165) is 43.1 Å². The predicted molar refractivity (Wildman–Crippen MR) is 173 cm³/mol. The van der Waals surface area contributed by atoms with Crippen LogP contribution >= 0.6 is 0 Å². The average Bonchev–Trinajstić information content (AvgIpc) is 3.01. The van der Waals surface area contributed by atoms with Crippen molar-refractivity contribution in [3.63, 3.8) is 0 Å². The molecule has 10 heteroatoms. The number of nitrogens with zero attached hydrogens (tertiary/aromatic N) is 2. The molecule has 1 aliphatic heterocycles. The SMILES string of the molecule is COC1(c2cccc(OC(=O)N(C)CCN(C)C(=O)CC(C)(C)C3=C(C)C(=O)C(C)=C(C)C3=O)c2)OOC12C1CC3CC(C1)CC2C3. The van der Waals surface area contributed by atoms with Crippen LogP contribution < -0.4 is 4.74 Å². The summed E-state index contributed by atoms with van der Waals surface area (Å²) in [5.41, 5.74) is 1.04. The monoisotopic (exact) mass is 648 g/mol. The second kappa shape index (κ2) is 12.0. The Labute approximate surface area is 277 Å². The molecule has 1 heterocycles. The number of ketones is 2. The standard InChI is InChI=1S/C37H48N2O8/c1-21-22(2)33(42)31(23(3)32(21)41)35(4,5)20-30(40)38(6)12-13-39(7)34(43)45-29-11-9-10-26(19-29)37(44-8)36(46-47-37)27-15-24-14-25(17-27)18-28(36)16-24/h9-11,19,24-25,27-28H,12-18,20H2,1-8H3. The highest BCUT2D eigenvalue weighted by atomic mass is 17.3. The molecule has 7 rings (SSSR count). The molecular weight excluding hydrogens is 600 g/mol. The molecule has 254 valence electrons. The summed E-state index contributed by atoms with van der Waals surface area (Å²) in [7, 11) is 4.94. The number of allylic oxidation sites excluding steroid dienone is 4. The summed E-state index contributed by atoms with van der Waals surface area (Å²) in [5.74, 6) is 1.01. The number of hydrogen-bond acceptors (Lipinski definition) is 8. The average molecular weight is 649 g/mol. The van der Waals surface area contributed by atoms with Gasteiger partial charge in [0.2, 0.25) is 5.91 Å². The van der Waals surface area contributed by atoms with Gasteiger partial charge in [-0.25, -0.2) is 9.68 Å². The topological polar surface area (TPSA) is 112 Å². The van der Waals surface area contributed by atoms with E-state index in [4.69, 9.17) is 19.2 Å². The molecule has 0 radical (unpaired) electrons. The third-order valence-corrected chi connectivity index (χ3v) is 11.8. The van der Waals surface area contributed by atoms with Crippen molar-refractivity contribution in [3.8, 4) is 5.75 Å². The maximum absolute atomic E-state index is 13.3. The van der Waals surface area contributed by atoms with Gasteiger partial charge in [0.05, 0.1) is 0 Å². The van der Waals surface area contributed by atoms with Crippen LogP contribution in [0, 0.1) is 29.1 Å². The summed E-state index contributed by atoms with van der Waals surface area (Å²) < 4.78 is 11.9. The van der Waals surface area contributed by atoms with Crippen LogP contribution in [-0.4, -0.2) is 73.3 Å². The second-order valence-electron chi connectivity index (χ2n) is 15.2. The lowest BCUT2D eigenvalue weighted by molar-refractivity contribution is -0.645. The summed E-state index contributed by atoms with van der Waals surface area (Å²) in [4.78, 5) is 67.1. The van der Waals surface area contributed by atoms with Gasteiger partial charge in [0.1, 0.15) is 5.75 Å². The Hall–Kier alpha value is -3.34. The molecule has 1 atom stereocenters. The smallest absolute Gasteiger partial charge is 0.410 e. The van der Waals surface area contributed by atoms with Crippen molar-refractivity contribution in [2.24, 2.45) is 29.1 Å². The Morgan fingerprint density at radius 3 is 2.04 bits per heavy atom. The van der Waals surface area contributed by atoms with E-state index in [1.807, 2.05) is 26.0 Å². The van der Waals surface area contributed by atoms with E-state index in [2.05, 4.69) is 0 Å². The molecule has 1 saturated heterocycles. The normalized spacial score (nSPS) is 31.4. The first-order valence-electron chi connectivity index (χ1n) is 16.8. The zero-order valence-corrected chi connectivity index (χ0v) is 28.9. The fourth-order valence-corrected chi connectivity index (χ4v) is 9.33. The summed E-state index contributed by atoms with van der Waals surface area (Å²) in [6, 6.07) is 7.30. The number of rotatable bonds is 9. The molecule has 0 aromatic heterocycles. The predicted octanol–water partition coefficient (Wildman–Crippen LogP) is 5.75. The molecule has 1 unspecified atom stereocenters. The highest BCUT2D eigenvalue weighted by Crippen LogP contribution is 2.69. The van der Waals surface area contributed by atoms with E-state index in [9.17, 15) is 19.2 Å². The largest absolute Gasteiger partial charge is 0.415 e. The van der Waals surface area contributed by atoms with Gasteiger partial charge in [-0.2, -0.15) is 4.89 Å². The van der Waals surface area contributed by atoms with Gasteiger partial charge >= 0.3 is 6.09 Å². The fourth-order valence-electron chi connectivity index (χ4n) is 9.33. The quantitative estimate of drug-likeness (QED) is 0.246. The van der Waals surface area contributed by atoms with Crippen LogP contribution in [0.2, 0.25) is 0 Å². The Balaban J connectivity index is 1.07. The first-order chi connectivity index (χ1) is 22.1. The van der Waals surface area contributed by atoms with Crippen LogP contribution in [0.1, 0.15) is 78.7 Å². The number of amides is 2. The lowest BCUT2D eigenvalue weighted by Crippen LogP contribution is -2.76. The molecule has 47 heavy (non-hydrogen) atoms. The summed E-state index contributed by atoms with van der Waals surface area (Å²) in [6.45, 7) is 9.08. The molecule has 2 amide bonds. The molecule has 6 aliphatic rings. The molecule has 5 aliphatic carbocycles. The van der Waals surface area contributed by atoms with Crippen LogP contribution in [0.4, 0.5) is 4.79 Å². The van der Waals surface area contributed by atoms with Crippen LogP contribution in [0.3, 0.4) is 0 Å². The van der Waals surface area contributed by atoms with Gasteiger partial charge in [0, 0.05) is 74.0 Å². The van der Waals surface area contributed by atoms with Crippen LogP contribution in [0.15, 0.2) is 46.6 Å². The number of carbonyl (C=O) groups is 4. The first-order valence-corrected chi connectivity index (χ1v) is 16.8. The minimum absolute atomic E-state index is 0.0417. The van der Waals surface area contributed by atoms with E-state index < -0.39 is 22.9 Å². The molecule has 5 fully saturated rings. The second-order valence-corrected chi connectivity index (χ2v) is 15.2. The maximum Gasteiger partial charge on any atom is 0.415 e. The van der Waals surface area contributed by atoms with Crippen molar-refractivity contribution < 1.29 is 38.4 Å². The zero-order valence-electron chi connectivity index (χ0n) is 28.9. The van der Waals surface area contributed by atoms with Crippen molar-refractivity contribution >= 4 is 23.6 Å². The minimum atomic E-state index is -1.06. The summed E-state index contributed by atoms with van der Waals surface area (Å²) in [6.07, 6.45) is 5.31. The van der Waals surface area contributed by atoms with Gasteiger partial charge in [0.25, 0.3) is 5.79 Å². The fraction of sp³-hybridized carbons (Fsp3) is 0.622. The lowest BCUT2D eigenvalue weighted by atomic mass is 9.47. The van der Waals surface area contributed by atoms with E-state index in [0.29, 0.717) is 39.9 Å². The van der Waals surface area contributed by atoms with Gasteiger partial charge in [-0.3, -0.25) is 14.4 Å². The van der Waals surface area contributed by atoms with Crippen LogP contribution in [0.25, 0.3) is 0 Å². The van der Waals surface area contributed by atoms with Crippen molar-refractivity contribution in [2.45, 2.75) is 84.5 Å². The van der Waals surface area contributed by atoms with Crippen molar-refractivity contribution in [1.82, 2.24) is 9.80 Å². The molecule has 4 saturated carbocycles. The Morgan fingerprint density at radius 1 is 0.872 bits per heavy atom. The molecule has 1 aromatic rings. The molecule has 1 aromatic carbocycles. The summed E-state index contributed by atoms with van der Waals surface area (Å²) in [5, 5.41) is 0. The maximum atomic E-state index is 13.3. The zero-order chi connectivity index (χ0) is 34.1. The highest BCUT2D eigenvalue weighted by Gasteiger charge is 2.76. The third-order valence-electron chi connectivity index (χ3n) is 11.8. The molecule has 1 spiro atoms. The molecule has 10 nitrogen and oxygen atoms in total. The number of ether oxygens (including phenoxy) is 2. The van der Waals surface area contributed by atoms with Crippen molar-refractivity contribution in [3.05, 3.63) is 52.1 Å². The number of hydrogen-bond donors (Lipinski definition) is 0. The van der Waals surface area contributed by atoms with E-state index in [1.165, 1.54) is 16.2 Å². The number of likely N-dealkylation sites (N-methyl/N-ethyl adjacent to an activating group) is 2. The Bertz CT molecular complexity index is 1540. The first kappa shape index (κ1) is 33.6. The molecular formula is C37H48N2O8. The number of carbonyl (C=O) groups excluding carboxylic acids is 4. The molecule has 4 bridgehead atoms. The Kier molecular flexibility index (Phi) is 8.54. The molecule has 0 N–H and O–H groups in total. The van der Waals surface area contributed by atoms with Crippen LogP contribution in [0.5, 0.6) is 5.75 Å². The van der Waals surface area contributed by atoms with Gasteiger partial charge in [0.15, 0.2) is 17.2 Å². The van der Waals surface area contributed by atoms with Gasteiger partial charge in [-0.05, 0) is 88.7 Å². The lowest BCUT2D eigenvalue weighted by Gasteiger charge is -2.68. The Morgan fingerprint density at radius 2 is 1.47 bits per heavy atom. The van der Waals surface area contributed by atoms with Gasteiger partial charge < -0.3 is 19.3 Å². The number of Topliss-reactive ketones (excluding diaryl/α,β-unsaturated/α-hetero) is 2. The van der Waals surface area contributed by atoms with Gasteiger partial charge in [-0.15, -0.1) is 0 Å². The van der Waals surface area contributed by atoms with E-state index >= 15 is 0 Å².